The van der Waals surface area contributed by atoms with Crippen molar-refractivity contribution in [1.29, 1.82) is 0 Å². The summed E-state index contributed by atoms with van der Waals surface area (Å²) in [6.45, 7) is 6.33. The highest BCUT2D eigenvalue weighted by molar-refractivity contribution is 5.95. The number of ether oxygens (including phenoxy) is 4. The van der Waals surface area contributed by atoms with Gasteiger partial charge in [0.15, 0.2) is 17.4 Å². The van der Waals surface area contributed by atoms with Gasteiger partial charge in [-0.05, 0) is 40.2 Å². The summed E-state index contributed by atoms with van der Waals surface area (Å²) in [5, 5.41) is 11.1. The number of allylic oxidation sites excluding steroid dienone is 1. The number of hydrogen-bond acceptors (Lipinski definition) is 8. The summed E-state index contributed by atoms with van der Waals surface area (Å²) < 4.78 is 27.9. The zero-order valence-electron chi connectivity index (χ0n) is 17.7. The first-order valence-corrected chi connectivity index (χ1v) is 9.67. The van der Waals surface area contributed by atoms with E-state index in [0.29, 0.717) is 40.0 Å². The van der Waals surface area contributed by atoms with Crippen LogP contribution in [0.5, 0.6) is 17.2 Å². The van der Waals surface area contributed by atoms with Crippen LogP contribution in [0.4, 0.5) is 0 Å². The summed E-state index contributed by atoms with van der Waals surface area (Å²) >= 11 is 0. The predicted molar refractivity (Wildman–Crippen MR) is 108 cm³/mol. The second kappa shape index (κ2) is 8.39. The Hall–Kier alpha value is -3.00. The van der Waals surface area contributed by atoms with Crippen LogP contribution in [-0.4, -0.2) is 42.5 Å². The van der Waals surface area contributed by atoms with E-state index in [1.165, 1.54) is 27.2 Å². The predicted octanol–water partition coefficient (Wildman–Crippen LogP) is 3.32. The van der Waals surface area contributed by atoms with Crippen molar-refractivity contribution in [1.82, 2.24) is 0 Å². The quantitative estimate of drug-likeness (QED) is 0.415. The number of methoxy groups -OCH3 is 1. The molecule has 1 aliphatic rings. The van der Waals surface area contributed by atoms with Crippen LogP contribution < -0.4 is 14.2 Å². The van der Waals surface area contributed by atoms with Gasteiger partial charge in [-0.25, -0.2) is 4.79 Å². The maximum absolute atomic E-state index is 12.2. The number of rotatable bonds is 7. The highest BCUT2D eigenvalue weighted by atomic mass is 16.6. The SMILES string of the molecule is C/C=C(/C)C(=O)OC(COc1c2c(c(OC)c3occc13)OC(=O)CC2)C(C)(C)O. The van der Waals surface area contributed by atoms with E-state index < -0.39 is 17.7 Å². The molecular weight excluding hydrogens is 392 g/mol. The molecule has 8 heteroatoms. The molecule has 1 aromatic carbocycles. The van der Waals surface area contributed by atoms with Crippen LogP contribution >= 0.6 is 0 Å². The van der Waals surface area contributed by atoms with E-state index >= 15 is 0 Å². The van der Waals surface area contributed by atoms with E-state index in [0.717, 1.165) is 0 Å². The van der Waals surface area contributed by atoms with Gasteiger partial charge in [0.1, 0.15) is 12.4 Å². The molecule has 0 saturated heterocycles. The van der Waals surface area contributed by atoms with Gasteiger partial charge in [-0.1, -0.05) is 6.08 Å². The van der Waals surface area contributed by atoms with E-state index in [2.05, 4.69) is 0 Å². The standard InChI is InChI=1S/C22H26O8/c1-6-12(2)21(24)29-15(22(3,4)25)11-28-17-13-7-8-16(23)30-19(13)20(26-5)18-14(17)9-10-27-18/h6,9-10,15,25H,7-8,11H2,1-5H3/b12-6-. The molecule has 0 bridgehead atoms. The van der Waals surface area contributed by atoms with Crippen molar-refractivity contribution in [2.75, 3.05) is 13.7 Å². The van der Waals surface area contributed by atoms with Crippen LogP contribution in [0.1, 0.15) is 39.7 Å². The van der Waals surface area contributed by atoms with Crippen molar-refractivity contribution in [3.8, 4) is 17.2 Å². The van der Waals surface area contributed by atoms with Gasteiger partial charge in [-0.2, -0.15) is 0 Å². The average Bonchev–Trinajstić information content (AvgIpc) is 3.17. The smallest absolute Gasteiger partial charge is 0.333 e. The Balaban J connectivity index is 1.97. The maximum Gasteiger partial charge on any atom is 0.333 e. The van der Waals surface area contributed by atoms with Gasteiger partial charge in [-0.15, -0.1) is 0 Å². The summed E-state index contributed by atoms with van der Waals surface area (Å²) in [4.78, 5) is 24.1. The first kappa shape index (κ1) is 21.7. The van der Waals surface area contributed by atoms with Gasteiger partial charge in [0.05, 0.1) is 30.8 Å². The molecule has 1 N–H and O–H groups in total. The molecule has 1 atom stereocenters. The Morgan fingerprint density at radius 2 is 2.07 bits per heavy atom. The minimum Gasteiger partial charge on any atom is -0.490 e. The van der Waals surface area contributed by atoms with Gasteiger partial charge >= 0.3 is 11.9 Å². The van der Waals surface area contributed by atoms with E-state index in [4.69, 9.17) is 23.4 Å². The first-order valence-electron chi connectivity index (χ1n) is 9.67. The van der Waals surface area contributed by atoms with E-state index in [9.17, 15) is 14.7 Å². The monoisotopic (exact) mass is 418 g/mol. The molecule has 0 aliphatic carbocycles. The van der Waals surface area contributed by atoms with E-state index in [-0.39, 0.29) is 24.7 Å². The number of hydrogen-bond donors (Lipinski definition) is 1. The molecule has 162 valence electrons. The molecule has 0 amide bonds. The molecule has 2 heterocycles. The second-order valence-electron chi connectivity index (χ2n) is 7.64. The molecular formula is C22H26O8. The van der Waals surface area contributed by atoms with Crippen LogP contribution in [0, 0.1) is 0 Å². The molecule has 3 rings (SSSR count). The minimum atomic E-state index is -1.35. The topological polar surface area (TPSA) is 104 Å². The molecule has 8 nitrogen and oxygen atoms in total. The Labute approximate surface area is 174 Å². The fourth-order valence-electron chi connectivity index (χ4n) is 3.13. The van der Waals surface area contributed by atoms with Crippen molar-refractivity contribution < 1.29 is 38.1 Å². The summed E-state index contributed by atoms with van der Waals surface area (Å²) in [6.07, 6.45) is 2.77. The first-order chi connectivity index (χ1) is 14.2. The number of esters is 2. The third-order valence-corrected chi connectivity index (χ3v) is 5.04. The van der Waals surface area contributed by atoms with Crippen LogP contribution in [0.3, 0.4) is 0 Å². The number of carbonyl (C=O) groups excluding carboxylic acids is 2. The molecule has 0 fully saturated rings. The molecule has 0 radical (unpaired) electrons. The Kier molecular flexibility index (Phi) is 6.07. The number of benzene rings is 1. The highest BCUT2D eigenvalue weighted by Gasteiger charge is 2.34. The van der Waals surface area contributed by atoms with E-state index in [1.807, 2.05) is 0 Å². The van der Waals surface area contributed by atoms with Crippen molar-refractivity contribution in [3.63, 3.8) is 0 Å². The molecule has 1 aliphatic heterocycles. The normalized spacial score (nSPS) is 15.4. The van der Waals surface area contributed by atoms with Crippen molar-refractivity contribution >= 4 is 22.9 Å². The van der Waals surface area contributed by atoms with Crippen LogP contribution in [0.2, 0.25) is 0 Å². The Morgan fingerprint density at radius 1 is 1.33 bits per heavy atom. The second-order valence-corrected chi connectivity index (χ2v) is 7.64. The van der Waals surface area contributed by atoms with Gasteiger partial charge in [-0.3, -0.25) is 4.79 Å². The summed E-state index contributed by atoms with van der Waals surface area (Å²) in [7, 11) is 1.47. The molecule has 0 spiro atoms. The summed E-state index contributed by atoms with van der Waals surface area (Å²) in [5.74, 6) is 0.109. The van der Waals surface area contributed by atoms with Crippen molar-refractivity contribution in [2.24, 2.45) is 0 Å². The van der Waals surface area contributed by atoms with Crippen LogP contribution in [0.15, 0.2) is 28.4 Å². The lowest BCUT2D eigenvalue weighted by atomic mass is 10.0. The fraction of sp³-hybridized carbons (Fsp3) is 0.455. The molecule has 2 aromatic rings. The van der Waals surface area contributed by atoms with Gasteiger partial charge < -0.3 is 28.5 Å². The van der Waals surface area contributed by atoms with Gasteiger partial charge in [0, 0.05) is 11.1 Å². The summed E-state index contributed by atoms with van der Waals surface area (Å²) in [5.41, 5.74) is 0.113. The van der Waals surface area contributed by atoms with E-state index in [1.54, 1.807) is 26.0 Å². The molecule has 30 heavy (non-hydrogen) atoms. The van der Waals surface area contributed by atoms with Gasteiger partial charge in [0.2, 0.25) is 5.75 Å². The molecule has 1 aromatic heterocycles. The molecule has 1 unspecified atom stereocenters. The zero-order valence-corrected chi connectivity index (χ0v) is 17.7. The summed E-state index contributed by atoms with van der Waals surface area (Å²) in [6, 6.07) is 1.72. The third-order valence-electron chi connectivity index (χ3n) is 5.04. The molecule has 0 saturated carbocycles. The minimum absolute atomic E-state index is 0.112. The Bertz CT molecular complexity index is 993. The van der Waals surface area contributed by atoms with Crippen LogP contribution in [0.25, 0.3) is 11.0 Å². The highest BCUT2D eigenvalue weighted by Crippen LogP contribution is 2.48. The number of furan rings is 1. The average molecular weight is 418 g/mol. The third kappa shape index (κ3) is 4.14. The maximum atomic E-state index is 12.2. The lowest BCUT2D eigenvalue weighted by Crippen LogP contribution is -2.44. The fourth-order valence-corrected chi connectivity index (χ4v) is 3.13. The van der Waals surface area contributed by atoms with Gasteiger partial charge in [0.25, 0.3) is 0 Å². The van der Waals surface area contributed by atoms with Crippen molar-refractivity contribution in [3.05, 3.63) is 29.5 Å². The van der Waals surface area contributed by atoms with Crippen molar-refractivity contribution in [2.45, 2.75) is 52.2 Å². The zero-order chi connectivity index (χ0) is 22.1. The lowest BCUT2D eigenvalue weighted by Gasteiger charge is -2.30. The number of carbonyl (C=O) groups is 2. The number of aliphatic hydroxyl groups is 1. The Morgan fingerprint density at radius 3 is 2.70 bits per heavy atom. The number of fused-ring (bicyclic) bond motifs is 2. The largest absolute Gasteiger partial charge is 0.490 e. The van der Waals surface area contributed by atoms with Crippen LogP contribution in [-0.2, 0) is 20.7 Å². The lowest BCUT2D eigenvalue weighted by molar-refractivity contribution is -0.160.